The molecule has 148 valence electrons. The number of ether oxygens (including phenoxy) is 2. The van der Waals surface area contributed by atoms with E-state index in [4.69, 9.17) is 9.15 Å². The number of halogens is 3. The Bertz CT molecular complexity index is 721. The summed E-state index contributed by atoms with van der Waals surface area (Å²) in [6, 6.07) is 5.52. The third-order valence-corrected chi connectivity index (χ3v) is 4.47. The molecule has 27 heavy (non-hydrogen) atoms. The molecule has 0 bridgehead atoms. The first-order valence-electron chi connectivity index (χ1n) is 8.97. The Morgan fingerprint density at radius 1 is 1.15 bits per heavy atom. The quantitative estimate of drug-likeness (QED) is 0.720. The van der Waals surface area contributed by atoms with E-state index in [9.17, 15) is 13.2 Å². The van der Waals surface area contributed by atoms with Crippen LogP contribution in [-0.4, -0.2) is 35.4 Å². The molecule has 2 aromatic rings. The maximum absolute atomic E-state index is 12.2. The minimum Gasteiger partial charge on any atom is -0.490 e. The fourth-order valence-corrected chi connectivity index (χ4v) is 3.18. The highest BCUT2D eigenvalue weighted by Crippen LogP contribution is 2.27. The zero-order chi connectivity index (χ0) is 19.4. The van der Waals surface area contributed by atoms with Crippen molar-refractivity contribution in [2.24, 2.45) is 0 Å². The molecular weight excluding hydrogens is 361 g/mol. The molecule has 3 rings (SSSR count). The van der Waals surface area contributed by atoms with E-state index in [1.165, 1.54) is 30.7 Å². The molecule has 2 heterocycles. The number of oxazole rings is 1. The molecule has 1 fully saturated rings. The first-order valence-corrected chi connectivity index (χ1v) is 8.97. The predicted octanol–water partition coefficient (Wildman–Crippen LogP) is 4.74. The lowest BCUT2D eigenvalue weighted by Crippen LogP contribution is -2.38. The van der Waals surface area contributed by atoms with E-state index in [-0.39, 0.29) is 11.9 Å². The monoisotopic (exact) mass is 384 g/mol. The Kier molecular flexibility index (Phi) is 5.94. The largest absolute Gasteiger partial charge is 0.573 e. The number of alkyl halides is 3. The number of aromatic nitrogens is 1. The molecule has 0 spiro atoms. The normalized spacial score (nSPS) is 16.7. The highest BCUT2D eigenvalue weighted by Gasteiger charge is 2.31. The highest BCUT2D eigenvalue weighted by molar-refractivity contribution is 5.31. The number of rotatable bonds is 6. The molecule has 0 radical (unpaired) electrons. The fourth-order valence-electron chi connectivity index (χ4n) is 3.18. The topological polar surface area (TPSA) is 47.7 Å². The van der Waals surface area contributed by atoms with Gasteiger partial charge in [0.1, 0.15) is 23.4 Å². The van der Waals surface area contributed by atoms with Gasteiger partial charge in [-0.25, -0.2) is 4.98 Å². The summed E-state index contributed by atoms with van der Waals surface area (Å²) in [7, 11) is 0. The van der Waals surface area contributed by atoms with Crippen LogP contribution in [0.5, 0.6) is 11.5 Å². The maximum atomic E-state index is 12.2. The second kappa shape index (κ2) is 8.21. The van der Waals surface area contributed by atoms with Gasteiger partial charge in [-0.2, -0.15) is 0 Å². The van der Waals surface area contributed by atoms with E-state index in [0.29, 0.717) is 11.7 Å². The molecular formula is C19H23F3N2O3. The van der Waals surface area contributed by atoms with E-state index < -0.39 is 6.36 Å². The minimum absolute atomic E-state index is 0.0394. The summed E-state index contributed by atoms with van der Waals surface area (Å²) >= 11 is 0. The van der Waals surface area contributed by atoms with Crippen molar-refractivity contribution in [2.75, 3.05) is 13.1 Å². The molecule has 0 atom stereocenters. The van der Waals surface area contributed by atoms with Crippen LogP contribution in [-0.2, 0) is 6.54 Å². The van der Waals surface area contributed by atoms with E-state index in [1.807, 2.05) is 0 Å². The van der Waals surface area contributed by atoms with Crippen molar-refractivity contribution in [1.29, 1.82) is 0 Å². The first kappa shape index (κ1) is 19.5. The molecule has 0 N–H and O–H groups in total. The number of hydrogen-bond donors (Lipinski definition) is 0. The van der Waals surface area contributed by atoms with E-state index in [2.05, 4.69) is 28.5 Å². The van der Waals surface area contributed by atoms with Gasteiger partial charge in [-0.1, -0.05) is 13.8 Å². The maximum Gasteiger partial charge on any atom is 0.573 e. The lowest BCUT2D eigenvalue weighted by molar-refractivity contribution is -0.274. The molecule has 8 heteroatoms. The van der Waals surface area contributed by atoms with Crippen LogP contribution in [0.3, 0.4) is 0 Å². The van der Waals surface area contributed by atoms with Crippen molar-refractivity contribution in [1.82, 2.24) is 9.88 Å². The summed E-state index contributed by atoms with van der Waals surface area (Å²) in [5.41, 5.74) is 0.977. The van der Waals surface area contributed by atoms with Crippen molar-refractivity contribution in [3.8, 4) is 11.5 Å². The summed E-state index contributed by atoms with van der Waals surface area (Å²) in [6.07, 6.45) is -1.47. The molecule has 0 unspecified atom stereocenters. The van der Waals surface area contributed by atoms with Crippen LogP contribution >= 0.6 is 0 Å². The molecule has 0 saturated carbocycles. The average Bonchev–Trinajstić information content (AvgIpc) is 3.05. The molecule has 1 aromatic carbocycles. The van der Waals surface area contributed by atoms with Gasteiger partial charge in [0.15, 0.2) is 6.39 Å². The number of likely N-dealkylation sites (tertiary alicyclic amines) is 1. The Morgan fingerprint density at radius 2 is 1.78 bits per heavy atom. The minimum atomic E-state index is -4.69. The van der Waals surface area contributed by atoms with Gasteiger partial charge in [0.05, 0.1) is 5.69 Å². The average molecular weight is 384 g/mol. The molecule has 0 amide bonds. The lowest BCUT2D eigenvalue weighted by atomic mass is 10.1. The van der Waals surface area contributed by atoms with Crippen LogP contribution < -0.4 is 9.47 Å². The standard InChI is InChI=1S/C19H23F3N2O3/c1-13(2)18-17(23-12-25-18)11-24-9-7-15(8-10-24)26-14-3-5-16(6-4-14)27-19(20,21)22/h3-6,12-13,15H,7-11H2,1-2H3. The van der Waals surface area contributed by atoms with E-state index in [0.717, 1.165) is 43.9 Å². The Balaban J connectivity index is 1.47. The van der Waals surface area contributed by atoms with E-state index in [1.54, 1.807) is 0 Å². The van der Waals surface area contributed by atoms with Crippen LogP contribution in [0.1, 0.15) is 44.1 Å². The SMILES string of the molecule is CC(C)c1ocnc1CN1CCC(Oc2ccc(OC(F)(F)F)cc2)CC1. The third-order valence-electron chi connectivity index (χ3n) is 4.47. The molecule has 1 aliphatic heterocycles. The number of piperidine rings is 1. The number of benzene rings is 1. The summed E-state index contributed by atoms with van der Waals surface area (Å²) in [6.45, 7) is 6.64. The fraction of sp³-hybridized carbons (Fsp3) is 0.526. The molecule has 5 nitrogen and oxygen atoms in total. The Morgan fingerprint density at radius 3 is 2.37 bits per heavy atom. The Hall–Kier alpha value is -2.22. The Labute approximate surface area is 156 Å². The second-order valence-electron chi connectivity index (χ2n) is 6.93. The van der Waals surface area contributed by atoms with Gasteiger partial charge in [0.25, 0.3) is 0 Å². The van der Waals surface area contributed by atoms with Crippen molar-refractivity contribution >= 4 is 0 Å². The summed E-state index contributed by atoms with van der Waals surface area (Å²) < 4.78 is 51.8. The van der Waals surface area contributed by atoms with Gasteiger partial charge < -0.3 is 13.9 Å². The molecule has 1 aliphatic rings. The molecule has 0 aliphatic carbocycles. The van der Waals surface area contributed by atoms with Gasteiger partial charge in [-0.3, -0.25) is 4.90 Å². The van der Waals surface area contributed by atoms with Gasteiger partial charge in [-0.15, -0.1) is 13.2 Å². The zero-order valence-electron chi connectivity index (χ0n) is 15.3. The van der Waals surface area contributed by atoms with Crippen molar-refractivity contribution in [2.45, 2.75) is 51.6 Å². The van der Waals surface area contributed by atoms with Crippen LogP contribution in [0.25, 0.3) is 0 Å². The van der Waals surface area contributed by atoms with E-state index >= 15 is 0 Å². The molecule has 1 saturated heterocycles. The van der Waals surface area contributed by atoms with Gasteiger partial charge in [-0.05, 0) is 37.1 Å². The number of nitrogens with zero attached hydrogens (tertiary/aromatic N) is 2. The highest BCUT2D eigenvalue weighted by atomic mass is 19.4. The molecule has 1 aromatic heterocycles. The van der Waals surface area contributed by atoms with Crippen LogP contribution in [0.4, 0.5) is 13.2 Å². The van der Waals surface area contributed by atoms with Crippen LogP contribution in [0, 0.1) is 0 Å². The van der Waals surface area contributed by atoms with Crippen LogP contribution in [0.2, 0.25) is 0 Å². The van der Waals surface area contributed by atoms with Gasteiger partial charge >= 0.3 is 6.36 Å². The summed E-state index contributed by atoms with van der Waals surface area (Å²) in [5.74, 6) is 1.52. The summed E-state index contributed by atoms with van der Waals surface area (Å²) in [5, 5.41) is 0. The smallest absolute Gasteiger partial charge is 0.490 e. The van der Waals surface area contributed by atoms with Crippen molar-refractivity contribution < 1.29 is 27.1 Å². The predicted molar refractivity (Wildman–Crippen MR) is 92.6 cm³/mol. The van der Waals surface area contributed by atoms with Crippen LogP contribution in [0.15, 0.2) is 35.1 Å². The zero-order valence-corrected chi connectivity index (χ0v) is 15.3. The number of hydrogen-bond acceptors (Lipinski definition) is 5. The van der Waals surface area contributed by atoms with Gasteiger partial charge in [0, 0.05) is 25.6 Å². The van der Waals surface area contributed by atoms with Crippen molar-refractivity contribution in [3.05, 3.63) is 42.1 Å². The first-order chi connectivity index (χ1) is 12.8. The lowest BCUT2D eigenvalue weighted by Gasteiger charge is -2.31. The second-order valence-corrected chi connectivity index (χ2v) is 6.93. The summed E-state index contributed by atoms with van der Waals surface area (Å²) in [4.78, 5) is 6.63. The third kappa shape index (κ3) is 5.63. The van der Waals surface area contributed by atoms with Gasteiger partial charge in [0.2, 0.25) is 0 Å². The van der Waals surface area contributed by atoms with Crippen molar-refractivity contribution in [3.63, 3.8) is 0 Å².